The van der Waals surface area contributed by atoms with Gasteiger partial charge in [-0.15, -0.1) is 0 Å². The summed E-state index contributed by atoms with van der Waals surface area (Å²) >= 11 is 0. The highest BCUT2D eigenvalue weighted by Gasteiger charge is 2.24. The highest BCUT2D eigenvalue weighted by molar-refractivity contribution is 5.95. The zero-order chi connectivity index (χ0) is 26.9. The fraction of sp³-hybridized carbons (Fsp3) is 0.212. The first kappa shape index (κ1) is 26.8. The Morgan fingerprint density at radius 1 is 0.789 bits per heavy atom. The van der Waals surface area contributed by atoms with Gasteiger partial charge in [-0.05, 0) is 65.3 Å². The fourth-order valence-corrected chi connectivity index (χ4v) is 4.74. The third-order valence-electron chi connectivity index (χ3n) is 6.97. The molecule has 0 fully saturated rings. The van der Waals surface area contributed by atoms with Crippen LogP contribution in [0.15, 0.2) is 103 Å². The van der Waals surface area contributed by atoms with Gasteiger partial charge < -0.3 is 16.2 Å². The van der Waals surface area contributed by atoms with Crippen LogP contribution in [0.2, 0.25) is 0 Å². The molecule has 0 aromatic heterocycles. The molecule has 0 saturated heterocycles. The van der Waals surface area contributed by atoms with Gasteiger partial charge in [0.1, 0.15) is 5.84 Å². The number of aliphatic hydroxyl groups is 1. The zero-order valence-corrected chi connectivity index (χ0v) is 21.7. The lowest BCUT2D eigenvalue weighted by atomic mass is 9.88. The van der Waals surface area contributed by atoms with E-state index in [1.165, 1.54) is 5.56 Å². The molecule has 4 aromatic carbocycles. The van der Waals surface area contributed by atoms with E-state index in [-0.39, 0.29) is 30.3 Å². The van der Waals surface area contributed by atoms with Crippen LogP contribution in [-0.2, 0) is 19.3 Å². The molecule has 0 spiro atoms. The number of aliphatic hydroxyl groups excluding tert-OH is 1. The average Bonchev–Trinajstić information content (AvgIpc) is 2.96. The van der Waals surface area contributed by atoms with Crippen LogP contribution < -0.4 is 11.1 Å². The maximum absolute atomic E-state index is 13.4. The Labute approximate surface area is 224 Å². The molecule has 5 nitrogen and oxygen atoms in total. The number of carbonyl (C=O) groups is 1. The quantitative estimate of drug-likeness (QED) is 0.162. The molecule has 5 heteroatoms. The number of hydrogen-bond acceptors (Lipinski definition) is 3. The SMILES string of the molecule is CCc1cccc(-c2ccc(C(=O)NC(Cc3ccccc3)C(CO)Cc3cccc(C(=N)N)c3)cc2)c1. The molecular weight excluding hydrogens is 470 g/mol. The summed E-state index contributed by atoms with van der Waals surface area (Å²) in [5.41, 5.74) is 12.4. The maximum Gasteiger partial charge on any atom is 0.251 e. The van der Waals surface area contributed by atoms with Gasteiger partial charge in [-0.1, -0.05) is 91.9 Å². The van der Waals surface area contributed by atoms with E-state index in [9.17, 15) is 9.90 Å². The number of amidine groups is 1. The Morgan fingerprint density at radius 2 is 1.47 bits per heavy atom. The summed E-state index contributed by atoms with van der Waals surface area (Å²) < 4.78 is 0. The summed E-state index contributed by atoms with van der Waals surface area (Å²) in [7, 11) is 0. The first-order chi connectivity index (χ1) is 18.5. The van der Waals surface area contributed by atoms with Crippen molar-refractivity contribution >= 4 is 11.7 Å². The number of amides is 1. The van der Waals surface area contributed by atoms with Gasteiger partial charge in [-0.3, -0.25) is 10.2 Å². The second-order valence-electron chi connectivity index (χ2n) is 9.66. The lowest BCUT2D eigenvalue weighted by molar-refractivity contribution is 0.0903. The molecule has 0 saturated carbocycles. The van der Waals surface area contributed by atoms with Gasteiger partial charge in [-0.2, -0.15) is 0 Å². The van der Waals surface area contributed by atoms with Gasteiger partial charge >= 0.3 is 0 Å². The number of hydrogen-bond donors (Lipinski definition) is 4. The normalized spacial score (nSPS) is 12.5. The van der Waals surface area contributed by atoms with Gasteiger partial charge in [0.05, 0.1) is 0 Å². The van der Waals surface area contributed by atoms with Gasteiger partial charge in [0.15, 0.2) is 0 Å². The highest BCUT2D eigenvalue weighted by atomic mass is 16.3. The van der Waals surface area contributed by atoms with Crippen LogP contribution in [0.3, 0.4) is 0 Å². The molecule has 0 aliphatic rings. The Kier molecular flexibility index (Phi) is 9.07. The Morgan fingerprint density at radius 3 is 2.16 bits per heavy atom. The van der Waals surface area contributed by atoms with E-state index in [1.807, 2.05) is 72.8 Å². The van der Waals surface area contributed by atoms with Gasteiger partial charge in [0.2, 0.25) is 0 Å². The lowest BCUT2D eigenvalue weighted by Gasteiger charge is -2.27. The Balaban J connectivity index is 1.55. The largest absolute Gasteiger partial charge is 0.396 e. The molecule has 2 atom stereocenters. The summed E-state index contributed by atoms with van der Waals surface area (Å²) in [6.45, 7) is 2.05. The van der Waals surface area contributed by atoms with Gasteiger partial charge in [0, 0.05) is 29.7 Å². The molecular formula is C33H35N3O2. The number of rotatable bonds is 11. The molecule has 5 N–H and O–H groups in total. The van der Waals surface area contributed by atoms with Crippen molar-refractivity contribution in [2.75, 3.05) is 6.61 Å². The van der Waals surface area contributed by atoms with Crippen molar-refractivity contribution in [3.8, 4) is 11.1 Å². The van der Waals surface area contributed by atoms with E-state index < -0.39 is 0 Å². The van der Waals surface area contributed by atoms with E-state index in [0.717, 1.165) is 28.7 Å². The van der Waals surface area contributed by atoms with Gasteiger partial charge in [0.25, 0.3) is 5.91 Å². The number of nitrogen functional groups attached to an aromatic ring is 1. The van der Waals surface area contributed by atoms with Crippen molar-refractivity contribution in [2.24, 2.45) is 11.7 Å². The molecule has 2 unspecified atom stereocenters. The van der Waals surface area contributed by atoms with Crippen molar-refractivity contribution in [3.05, 3.63) is 131 Å². The molecule has 0 heterocycles. The van der Waals surface area contributed by atoms with Crippen LogP contribution in [0, 0.1) is 11.3 Å². The molecule has 0 aliphatic heterocycles. The number of nitrogens with one attached hydrogen (secondary N) is 2. The highest BCUT2D eigenvalue weighted by Crippen LogP contribution is 2.22. The van der Waals surface area contributed by atoms with Crippen molar-refractivity contribution in [1.82, 2.24) is 5.32 Å². The van der Waals surface area contributed by atoms with Crippen LogP contribution in [0.5, 0.6) is 0 Å². The molecule has 0 bridgehead atoms. The van der Waals surface area contributed by atoms with Crippen LogP contribution in [0.25, 0.3) is 11.1 Å². The minimum atomic E-state index is -0.295. The predicted molar refractivity (Wildman–Crippen MR) is 154 cm³/mol. The summed E-state index contributed by atoms with van der Waals surface area (Å²) in [5.74, 6) is -0.389. The smallest absolute Gasteiger partial charge is 0.251 e. The molecule has 0 radical (unpaired) electrons. The Bertz CT molecular complexity index is 1370. The summed E-state index contributed by atoms with van der Waals surface area (Å²) in [5, 5.41) is 21.3. The van der Waals surface area contributed by atoms with E-state index in [1.54, 1.807) is 6.07 Å². The molecule has 38 heavy (non-hydrogen) atoms. The molecule has 1 amide bonds. The average molecular weight is 506 g/mol. The number of nitrogens with two attached hydrogens (primary N) is 1. The molecule has 4 aromatic rings. The number of benzene rings is 4. The standard InChI is InChI=1S/C33H35N3O2/c1-2-23-10-6-12-28(18-23)26-14-16-27(17-15-26)33(38)36-31(21-24-8-4-3-5-9-24)30(22-37)20-25-11-7-13-29(19-25)32(34)35/h3-19,30-31,37H,2,20-22H2,1H3,(H3,34,35)(H,36,38). The van der Waals surface area contributed by atoms with Crippen LogP contribution in [0.4, 0.5) is 0 Å². The van der Waals surface area contributed by atoms with Crippen LogP contribution >= 0.6 is 0 Å². The second-order valence-corrected chi connectivity index (χ2v) is 9.66. The van der Waals surface area contributed by atoms with E-state index in [4.69, 9.17) is 11.1 Å². The topological polar surface area (TPSA) is 99.2 Å². The van der Waals surface area contributed by atoms with Crippen molar-refractivity contribution in [3.63, 3.8) is 0 Å². The minimum absolute atomic E-state index is 0.00593. The first-order valence-electron chi connectivity index (χ1n) is 13.0. The minimum Gasteiger partial charge on any atom is -0.396 e. The van der Waals surface area contributed by atoms with E-state index in [2.05, 4.69) is 36.5 Å². The first-order valence-corrected chi connectivity index (χ1v) is 13.0. The number of aryl methyl sites for hydroxylation is 1. The summed E-state index contributed by atoms with van der Waals surface area (Å²) in [6, 6.07) is 33.3. The fourth-order valence-electron chi connectivity index (χ4n) is 4.74. The lowest BCUT2D eigenvalue weighted by Crippen LogP contribution is -2.44. The van der Waals surface area contributed by atoms with E-state index in [0.29, 0.717) is 24.0 Å². The third-order valence-corrected chi connectivity index (χ3v) is 6.97. The third kappa shape index (κ3) is 6.96. The maximum atomic E-state index is 13.4. The van der Waals surface area contributed by atoms with Crippen molar-refractivity contribution in [2.45, 2.75) is 32.2 Å². The van der Waals surface area contributed by atoms with Crippen molar-refractivity contribution < 1.29 is 9.90 Å². The Hall–Kier alpha value is -4.22. The van der Waals surface area contributed by atoms with Crippen molar-refractivity contribution in [1.29, 1.82) is 5.41 Å². The monoisotopic (exact) mass is 505 g/mol. The second kappa shape index (κ2) is 12.8. The summed E-state index contributed by atoms with van der Waals surface area (Å²) in [4.78, 5) is 13.4. The van der Waals surface area contributed by atoms with Gasteiger partial charge in [-0.25, -0.2) is 0 Å². The molecule has 4 rings (SSSR count). The van der Waals surface area contributed by atoms with Crippen LogP contribution in [0.1, 0.15) is 39.5 Å². The zero-order valence-electron chi connectivity index (χ0n) is 21.7. The number of carbonyl (C=O) groups excluding carboxylic acids is 1. The summed E-state index contributed by atoms with van der Waals surface area (Å²) in [6.07, 6.45) is 2.11. The van der Waals surface area contributed by atoms with Crippen LogP contribution in [-0.4, -0.2) is 29.5 Å². The van der Waals surface area contributed by atoms with E-state index >= 15 is 0 Å². The molecule has 194 valence electrons. The predicted octanol–water partition coefficient (Wildman–Crippen LogP) is 5.39. The molecule has 0 aliphatic carbocycles.